The Hall–Kier alpha value is -4.49. The highest BCUT2D eigenvalue weighted by Gasteiger charge is 2.23. The molecule has 9 nitrogen and oxygen atoms in total. The van der Waals surface area contributed by atoms with Gasteiger partial charge in [-0.05, 0) is 50.7 Å². The number of amides is 1. The molecule has 0 saturated carbocycles. The first-order valence-corrected chi connectivity index (χ1v) is 12.3. The molecule has 1 aliphatic heterocycles. The first-order chi connectivity index (χ1) is 18.4. The van der Waals surface area contributed by atoms with E-state index < -0.39 is 11.9 Å². The number of aromatic nitrogens is 3. The zero-order valence-corrected chi connectivity index (χ0v) is 21.1. The molecule has 1 aliphatic rings. The molecule has 2 aromatic heterocycles. The third kappa shape index (κ3) is 4.88. The third-order valence-electron chi connectivity index (χ3n) is 6.87. The molecule has 10 heteroatoms. The van der Waals surface area contributed by atoms with Gasteiger partial charge in [-0.1, -0.05) is 18.2 Å². The van der Waals surface area contributed by atoms with Crippen molar-refractivity contribution in [1.82, 2.24) is 19.3 Å². The van der Waals surface area contributed by atoms with Crippen LogP contribution in [0.25, 0.3) is 28.0 Å². The summed E-state index contributed by atoms with van der Waals surface area (Å²) in [5.74, 6) is 0.110. The highest BCUT2D eigenvalue weighted by Crippen LogP contribution is 2.37. The van der Waals surface area contributed by atoms with Crippen LogP contribution in [0.15, 0.2) is 55.0 Å². The molecule has 2 aromatic carbocycles. The lowest BCUT2D eigenvalue weighted by atomic mass is 10.00. The maximum Gasteiger partial charge on any atom is 0.411 e. The molecule has 1 fully saturated rings. The molecule has 1 atom stereocenters. The van der Waals surface area contributed by atoms with Gasteiger partial charge in [-0.3, -0.25) is 9.30 Å². The molecule has 5 rings (SSSR count). The largest absolute Gasteiger partial charge is 0.476 e. The lowest BCUT2D eigenvalue weighted by Crippen LogP contribution is -2.34. The molecule has 3 heterocycles. The molecule has 4 aromatic rings. The Labute approximate surface area is 219 Å². The van der Waals surface area contributed by atoms with Crippen LogP contribution in [-0.2, 0) is 0 Å². The van der Waals surface area contributed by atoms with Gasteiger partial charge >= 0.3 is 6.09 Å². The van der Waals surface area contributed by atoms with E-state index in [-0.39, 0.29) is 5.69 Å². The molecule has 1 saturated heterocycles. The summed E-state index contributed by atoms with van der Waals surface area (Å²) in [6, 6.07) is 13.5. The number of hydrogen-bond acceptors (Lipinski definition) is 6. The van der Waals surface area contributed by atoms with Crippen molar-refractivity contribution in [3.05, 3.63) is 66.4 Å². The summed E-state index contributed by atoms with van der Waals surface area (Å²) in [7, 11) is 3.39. The van der Waals surface area contributed by atoms with E-state index in [1.807, 2.05) is 0 Å². The summed E-state index contributed by atoms with van der Waals surface area (Å²) in [5.41, 5.74) is 3.36. The van der Waals surface area contributed by atoms with Crippen molar-refractivity contribution in [2.75, 3.05) is 38.7 Å². The van der Waals surface area contributed by atoms with Gasteiger partial charge in [-0.15, -0.1) is 0 Å². The van der Waals surface area contributed by atoms with E-state index in [1.165, 1.54) is 19.2 Å². The summed E-state index contributed by atoms with van der Waals surface area (Å²) in [6.45, 7) is 2.54. The Balaban J connectivity index is 1.63. The summed E-state index contributed by atoms with van der Waals surface area (Å²) >= 11 is 0. The second-order valence-electron chi connectivity index (χ2n) is 9.54. The van der Waals surface area contributed by atoms with E-state index in [4.69, 9.17) is 9.72 Å². The summed E-state index contributed by atoms with van der Waals surface area (Å²) in [5, 5.41) is 18.5. The Bertz CT molecular complexity index is 1530. The second kappa shape index (κ2) is 10.5. The van der Waals surface area contributed by atoms with Crippen molar-refractivity contribution in [2.45, 2.75) is 12.8 Å². The summed E-state index contributed by atoms with van der Waals surface area (Å²) in [6.07, 6.45) is 4.21. The van der Waals surface area contributed by atoms with Gasteiger partial charge < -0.3 is 14.7 Å². The zero-order valence-electron chi connectivity index (χ0n) is 21.1. The molecular formula is C28H27FN6O3. The van der Waals surface area contributed by atoms with Crippen LogP contribution in [0.2, 0.25) is 0 Å². The van der Waals surface area contributed by atoms with Crippen molar-refractivity contribution >= 4 is 17.3 Å². The minimum absolute atomic E-state index is 0.0617. The van der Waals surface area contributed by atoms with E-state index >= 15 is 4.39 Å². The monoisotopic (exact) mass is 514 g/mol. The molecule has 0 unspecified atom stereocenters. The van der Waals surface area contributed by atoms with Gasteiger partial charge in [0, 0.05) is 30.6 Å². The number of benzene rings is 2. The molecule has 0 bridgehead atoms. The van der Waals surface area contributed by atoms with Gasteiger partial charge in [0.1, 0.15) is 11.3 Å². The van der Waals surface area contributed by atoms with E-state index in [2.05, 4.69) is 23.0 Å². The molecule has 0 aliphatic carbocycles. The van der Waals surface area contributed by atoms with Crippen LogP contribution in [0.1, 0.15) is 18.4 Å². The maximum absolute atomic E-state index is 15.1. The van der Waals surface area contributed by atoms with E-state index in [0.717, 1.165) is 30.8 Å². The van der Waals surface area contributed by atoms with Crippen molar-refractivity contribution in [1.29, 1.82) is 5.26 Å². The number of imidazole rings is 1. The molecular weight excluding hydrogens is 487 g/mol. The van der Waals surface area contributed by atoms with Crippen LogP contribution >= 0.6 is 0 Å². The van der Waals surface area contributed by atoms with Crippen molar-refractivity contribution in [2.24, 2.45) is 5.92 Å². The van der Waals surface area contributed by atoms with Crippen LogP contribution < -0.4 is 9.64 Å². The number of anilines is 1. The second-order valence-corrected chi connectivity index (χ2v) is 9.54. The smallest absolute Gasteiger partial charge is 0.411 e. The lowest BCUT2D eigenvalue weighted by molar-refractivity contribution is 0.148. The topological polar surface area (TPSA) is 107 Å². The van der Waals surface area contributed by atoms with Crippen molar-refractivity contribution in [3.8, 4) is 34.5 Å². The van der Waals surface area contributed by atoms with Crippen LogP contribution in [0, 0.1) is 23.1 Å². The minimum Gasteiger partial charge on any atom is -0.476 e. The highest BCUT2D eigenvalue weighted by molar-refractivity contribution is 5.87. The lowest BCUT2D eigenvalue weighted by Gasteiger charge is -2.29. The van der Waals surface area contributed by atoms with Crippen molar-refractivity contribution < 1.29 is 19.0 Å². The number of fused-ring (bicyclic) bond motifs is 1. The molecule has 0 radical (unpaired) electrons. The minimum atomic E-state index is -1.26. The van der Waals surface area contributed by atoms with E-state index in [9.17, 15) is 15.2 Å². The maximum atomic E-state index is 15.1. The molecule has 194 valence electrons. The number of ether oxygens (including phenoxy) is 1. The number of likely N-dealkylation sites (tertiary alicyclic amines) is 1. The van der Waals surface area contributed by atoms with Gasteiger partial charge in [-0.2, -0.15) is 5.26 Å². The number of piperidine rings is 1. The van der Waals surface area contributed by atoms with Crippen LogP contribution in [0.5, 0.6) is 5.88 Å². The van der Waals surface area contributed by atoms with Crippen LogP contribution in [0.3, 0.4) is 0 Å². The van der Waals surface area contributed by atoms with Gasteiger partial charge in [0.25, 0.3) is 0 Å². The Morgan fingerprint density at radius 3 is 2.71 bits per heavy atom. The Kier molecular flexibility index (Phi) is 6.94. The quantitative estimate of drug-likeness (QED) is 0.390. The molecule has 1 N–H and O–H groups in total. The fraction of sp³-hybridized carbons (Fsp3) is 0.286. The molecule has 38 heavy (non-hydrogen) atoms. The summed E-state index contributed by atoms with van der Waals surface area (Å²) < 4.78 is 23.2. The fourth-order valence-corrected chi connectivity index (χ4v) is 4.88. The van der Waals surface area contributed by atoms with Gasteiger partial charge in [0.15, 0.2) is 0 Å². The number of carboxylic acid groups (broad SMARTS) is 1. The summed E-state index contributed by atoms with van der Waals surface area (Å²) in [4.78, 5) is 23.7. The standard InChI is InChI=1S/C28H27FN6O3/c1-33-11-3-4-19(15-33)16-38-27-24-14-31-17-35(24)26(25(32-27)20-7-5-18(13-30)6-8-20)21-9-10-23(22(29)12-21)34(2)28(36)37/h5-10,12,14,17,19H,3-4,11,15-16H2,1-2H3,(H,36,37)/t19-/m1/s1. The number of hydrogen-bond donors (Lipinski definition) is 1. The third-order valence-corrected chi connectivity index (χ3v) is 6.87. The van der Waals surface area contributed by atoms with Gasteiger partial charge in [0.2, 0.25) is 5.88 Å². The number of carbonyl (C=O) groups is 1. The predicted octanol–water partition coefficient (Wildman–Crippen LogP) is 4.91. The average molecular weight is 515 g/mol. The molecule has 0 spiro atoms. The SMILES string of the molecule is CN1CCC[C@@H](COc2nc(-c3ccc(C#N)cc3)c(-c3ccc(N(C)C(=O)O)c(F)c3)n3cncc23)C1. The van der Waals surface area contributed by atoms with Gasteiger partial charge in [0.05, 0.1) is 47.8 Å². The van der Waals surface area contributed by atoms with Gasteiger partial charge in [-0.25, -0.2) is 19.2 Å². The first-order valence-electron chi connectivity index (χ1n) is 12.3. The van der Waals surface area contributed by atoms with Crippen LogP contribution in [0.4, 0.5) is 14.9 Å². The number of nitrogens with zero attached hydrogens (tertiary/aromatic N) is 6. The molecule has 1 amide bonds. The Morgan fingerprint density at radius 2 is 2.03 bits per heavy atom. The van der Waals surface area contributed by atoms with E-state index in [0.29, 0.717) is 52.0 Å². The highest BCUT2D eigenvalue weighted by atomic mass is 19.1. The van der Waals surface area contributed by atoms with Crippen LogP contribution in [-0.4, -0.2) is 64.3 Å². The number of rotatable bonds is 6. The normalized spacial score (nSPS) is 15.8. The Morgan fingerprint density at radius 1 is 1.26 bits per heavy atom. The van der Waals surface area contributed by atoms with Crippen molar-refractivity contribution in [3.63, 3.8) is 0 Å². The number of nitriles is 1. The van der Waals surface area contributed by atoms with E-state index in [1.54, 1.807) is 47.3 Å². The average Bonchev–Trinajstić information content (AvgIpc) is 3.41. The zero-order chi connectivity index (χ0) is 26.8. The fourth-order valence-electron chi connectivity index (χ4n) is 4.88. The predicted molar refractivity (Wildman–Crippen MR) is 141 cm³/mol. The number of halogens is 1. The first kappa shape index (κ1) is 25.2.